The summed E-state index contributed by atoms with van der Waals surface area (Å²) in [6, 6.07) is 5.48. The lowest BCUT2D eigenvalue weighted by atomic mass is 10.4. The van der Waals surface area contributed by atoms with Crippen molar-refractivity contribution < 1.29 is 4.79 Å². The van der Waals surface area contributed by atoms with Crippen LogP contribution in [-0.4, -0.2) is 22.5 Å². The lowest BCUT2D eigenvalue weighted by Gasteiger charge is -2.16. The lowest BCUT2D eigenvalue weighted by molar-refractivity contribution is 0.266. The highest BCUT2D eigenvalue weighted by Gasteiger charge is 2.14. The zero-order chi connectivity index (χ0) is 11.3. The van der Waals surface area contributed by atoms with Crippen LogP contribution in [0, 0.1) is 0 Å². The Morgan fingerprint density at radius 2 is 2.40 bits per heavy atom. The summed E-state index contributed by atoms with van der Waals surface area (Å²) in [5, 5.41) is 0.0877. The largest absolute Gasteiger partial charge is 0.291 e. The maximum Gasteiger partial charge on any atom is 0.287 e. The van der Waals surface area contributed by atoms with E-state index in [2.05, 4.69) is 11.6 Å². The van der Waals surface area contributed by atoms with Gasteiger partial charge < -0.3 is 0 Å². The zero-order valence-electron chi connectivity index (χ0n) is 8.88. The maximum absolute atomic E-state index is 11.7. The molecule has 0 radical (unpaired) electrons. The Kier molecular flexibility index (Phi) is 4.37. The van der Waals surface area contributed by atoms with Crippen LogP contribution in [0.1, 0.15) is 6.92 Å². The smallest absolute Gasteiger partial charge is 0.287 e. The van der Waals surface area contributed by atoms with E-state index >= 15 is 0 Å². The van der Waals surface area contributed by atoms with Crippen molar-refractivity contribution in [1.82, 2.24) is 4.98 Å². The molecule has 0 unspecified atom stereocenters. The van der Waals surface area contributed by atoms with Crippen LogP contribution in [-0.2, 0) is 0 Å². The minimum absolute atomic E-state index is 0.0268. The average Bonchev–Trinajstić information content (AvgIpc) is 2.29. The highest BCUT2D eigenvalue weighted by molar-refractivity contribution is 8.14. The van der Waals surface area contributed by atoms with Gasteiger partial charge in [0.05, 0.1) is 0 Å². The fraction of sp³-hybridized carbons (Fsp3) is 0.273. The Bertz CT molecular complexity index is 340. The predicted octanol–water partition coefficient (Wildman–Crippen LogP) is 2.95. The third-order valence-corrected chi connectivity index (χ3v) is 2.93. The number of aromatic nitrogens is 1. The molecule has 1 atom stereocenters. The number of anilines is 1. The number of thioether (sulfide) groups is 1. The Hall–Kier alpha value is -1.29. The van der Waals surface area contributed by atoms with E-state index in [1.807, 2.05) is 19.1 Å². The number of hydrogen-bond acceptors (Lipinski definition) is 3. The van der Waals surface area contributed by atoms with Gasteiger partial charge in [0.2, 0.25) is 0 Å². The molecule has 1 rings (SSSR count). The first-order valence-corrected chi connectivity index (χ1v) is 5.51. The van der Waals surface area contributed by atoms with E-state index in [0.29, 0.717) is 5.82 Å². The molecule has 0 aliphatic rings. The molecule has 0 saturated carbocycles. The first-order valence-electron chi connectivity index (χ1n) is 4.63. The van der Waals surface area contributed by atoms with E-state index in [-0.39, 0.29) is 10.5 Å². The number of carbonyl (C=O) groups excluding carboxylic acids is 1. The molecular weight excluding hydrogens is 208 g/mol. The van der Waals surface area contributed by atoms with Gasteiger partial charge in [-0.1, -0.05) is 23.9 Å². The second-order valence-electron chi connectivity index (χ2n) is 3.07. The maximum atomic E-state index is 11.7. The summed E-state index contributed by atoms with van der Waals surface area (Å²) in [6.45, 7) is 5.57. The molecule has 0 bridgehead atoms. The minimum atomic E-state index is -0.0268. The fourth-order valence-corrected chi connectivity index (χ4v) is 1.60. The minimum Gasteiger partial charge on any atom is -0.291 e. The molecule has 3 nitrogen and oxygen atoms in total. The summed E-state index contributed by atoms with van der Waals surface area (Å²) < 4.78 is 0. The number of pyridine rings is 1. The van der Waals surface area contributed by atoms with Gasteiger partial charge in [-0.05, 0) is 19.1 Å². The summed E-state index contributed by atoms with van der Waals surface area (Å²) in [5.74, 6) is 0.659. The molecule has 0 aromatic carbocycles. The molecule has 4 heteroatoms. The second-order valence-corrected chi connectivity index (χ2v) is 4.40. The third-order valence-electron chi connectivity index (χ3n) is 1.89. The van der Waals surface area contributed by atoms with Crippen LogP contribution in [0.25, 0.3) is 0 Å². The van der Waals surface area contributed by atoms with Gasteiger partial charge in [0.25, 0.3) is 5.24 Å². The van der Waals surface area contributed by atoms with Crippen molar-refractivity contribution in [2.24, 2.45) is 0 Å². The quantitative estimate of drug-likeness (QED) is 0.737. The molecule has 0 aliphatic heterocycles. The van der Waals surface area contributed by atoms with Crippen molar-refractivity contribution in [3.63, 3.8) is 0 Å². The van der Waals surface area contributed by atoms with E-state index in [4.69, 9.17) is 0 Å². The van der Waals surface area contributed by atoms with Crippen LogP contribution in [0.2, 0.25) is 0 Å². The van der Waals surface area contributed by atoms with Gasteiger partial charge in [0, 0.05) is 18.5 Å². The van der Waals surface area contributed by atoms with E-state index < -0.39 is 0 Å². The molecule has 0 aliphatic carbocycles. The van der Waals surface area contributed by atoms with Gasteiger partial charge in [0.1, 0.15) is 5.82 Å². The highest BCUT2D eigenvalue weighted by Crippen LogP contribution is 2.19. The molecule has 0 fully saturated rings. The van der Waals surface area contributed by atoms with Crippen molar-refractivity contribution in [1.29, 1.82) is 0 Å². The van der Waals surface area contributed by atoms with E-state index in [1.165, 1.54) is 16.7 Å². The zero-order valence-corrected chi connectivity index (χ0v) is 9.70. The van der Waals surface area contributed by atoms with Crippen molar-refractivity contribution in [3.8, 4) is 0 Å². The van der Waals surface area contributed by atoms with E-state index in [9.17, 15) is 4.79 Å². The van der Waals surface area contributed by atoms with Crippen LogP contribution >= 0.6 is 11.8 Å². The highest BCUT2D eigenvalue weighted by atomic mass is 32.2. The molecule has 1 amide bonds. The first-order chi connectivity index (χ1) is 7.15. The Labute approximate surface area is 94.2 Å². The normalized spacial score (nSPS) is 11.9. The van der Waals surface area contributed by atoms with Crippen LogP contribution < -0.4 is 4.90 Å². The molecule has 80 valence electrons. The summed E-state index contributed by atoms with van der Waals surface area (Å²) >= 11 is 1.23. The van der Waals surface area contributed by atoms with Gasteiger partial charge in [-0.3, -0.25) is 9.69 Å². The summed E-state index contributed by atoms with van der Waals surface area (Å²) in [4.78, 5) is 17.3. The van der Waals surface area contributed by atoms with Crippen LogP contribution in [0.4, 0.5) is 10.6 Å². The molecule has 1 heterocycles. The van der Waals surface area contributed by atoms with Gasteiger partial charge in [-0.15, -0.1) is 6.58 Å². The Morgan fingerprint density at radius 1 is 1.67 bits per heavy atom. The Morgan fingerprint density at radius 3 is 2.93 bits per heavy atom. The van der Waals surface area contributed by atoms with Crippen molar-refractivity contribution in [2.45, 2.75) is 12.2 Å². The molecule has 1 aromatic rings. The number of nitrogens with zero attached hydrogens (tertiary/aromatic N) is 2. The van der Waals surface area contributed by atoms with E-state index in [0.717, 1.165) is 0 Å². The van der Waals surface area contributed by atoms with Crippen molar-refractivity contribution >= 4 is 22.8 Å². The SMILES string of the molecule is C=C[C@@H](C)SC(=O)N(C)c1ccccn1. The van der Waals surface area contributed by atoms with Crippen molar-refractivity contribution in [3.05, 3.63) is 37.1 Å². The summed E-state index contributed by atoms with van der Waals surface area (Å²) in [5.41, 5.74) is 0. The summed E-state index contributed by atoms with van der Waals surface area (Å²) in [7, 11) is 1.72. The summed E-state index contributed by atoms with van der Waals surface area (Å²) in [6.07, 6.45) is 3.41. The number of amides is 1. The third kappa shape index (κ3) is 3.40. The second kappa shape index (κ2) is 5.56. The molecule has 0 saturated heterocycles. The monoisotopic (exact) mass is 222 g/mol. The molecule has 0 N–H and O–H groups in total. The lowest BCUT2D eigenvalue weighted by Crippen LogP contribution is -2.23. The van der Waals surface area contributed by atoms with Gasteiger partial charge >= 0.3 is 0 Å². The van der Waals surface area contributed by atoms with Crippen LogP contribution in [0.3, 0.4) is 0 Å². The molecule has 1 aromatic heterocycles. The van der Waals surface area contributed by atoms with Gasteiger partial charge in [0.15, 0.2) is 0 Å². The first kappa shape index (κ1) is 11.8. The van der Waals surface area contributed by atoms with Gasteiger partial charge in [-0.2, -0.15) is 0 Å². The van der Waals surface area contributed by atoms with Gasteiger partial charge in [-0.25, -0.2) is 4.98 Å². The topological polar surface area (TPSA) is 33.2 Å². The Balaban J connectivity index is 2.65. The molecule has 15 heavy (non-hydrogen) atoms. The molecule has 0 spiro atoms. The number of hydrogen-bond donors (Lipinski definition) is 0. The van der Waals surface area contributed by atoms with Crippen LogP contribution in [0.15, 0.2) is 37.1 Å². The van der Waals surface area contributed by atoms with E-state index in [1.54, 1.807) is 25.4 Å². The number of carbonyl (C=O) groups is 1. The average molecular weight is 222 g/mol. The number of rotatable bonds is 3. The standard InChI is InChI=1S/C11H14N2OS/c1-4-9(2)15-11(14)13(3)10-7-5-6-8-12-10/h4-9H,1H2,2-3H3/t9-/m1/s1. The fourth-order valence-electron chi connectivity index (χ4n) is 0.932. The van der Waals surface area contributed by atoms with Crippen molar-refractivity contribution in [2.75, 3.05) is 11.9 Å². The van der Waals surface area contributed by atoms with Crippen LogP contribution in [0.5, 0.6) is 0 Å². The molecular formula is C11H14N2OS. The predicted molar refractivity (Wildman–Crippen MR) is 65.3 cm³/mol.